The molecule has 1 N–H and O–H groups in total. The second-order valence-electron chi connectivity index (χ2n) is 5.08. The Morgan fingerprint density at radius 2 is 2.00 bits per heavy atom. The Bertz CT molecular complexity index is 1050. The van der Waals surface area contributed by atoms with Crippen molar-refractivity contribution in [3.63, 3.8) is 0 Å². The standard InChI is InChI=1S/C17H14O6S/c1-3-24(21)10-7-12-15(18)11-6-9(17(19)20)4-5-13(11)23-16(12)14(8-10)22-2/h4-8H,3H2,1-2H3,(H,19,20). The van der Waals surface area contributed by atoms with Crippen molar-refractivity contribution in [2.75, 3.05) is 12.9 Å². The van der Waals surface area contributed by atoms with Gasteiger partial charge in [0.1, 0.15) is 5.58 Å². The lowest BCUT2D eigenvalue weighted by molar-refractivity contribution is 0.0697. The van der Waals surface area contributed by atoms with Crippen LogP contribution in [0.4, 0.5) is 0 Å². The number of ether oxygens (including phenoxy) is 1. The van der Waals surface area contributed by atoms with Crippen molar-refractivity contribution in [3.8, 4) is 5.75 Å². The molecule has 3 rings (SSSR count). The largest absolute Gasteiger partial charge is 0.493 e. The molecule has 0 saturated carbocycles. The molecule has 0 aliphatic carbocycles. The average Bonchev–Trinajstić information content (AvgIpc) is 2.60. The van der Waals surface area contributed by atoms with Crippen LogP contribution in [0.2, 0.25) is 0 Å². The molecule has 24 heavy (non-hydrogen) atoms. The van der Waals surface area contributed by atoms with Gasteiger partial charge in [-0.25, -0.2) is 4.79 Å². The second-order valence-corrected chi connectivity index (χ2v) is 6.82. The summed E-state index contributed by atoms with van der Waals surface area (Å²) >= 11 is 0. The minimum absolute atomic E-state index is 0.00518. The summed E-state index contributed by atoms with van der Waals surface area (Å²) in [6, 6.07) is 7.18. The Morgan fingerprint density at radius 1 is 1.25 bits per heavy atom. The topological polar surface area (TPSA) is 93.8 Å². The van der Waals surface area contributed by atoms with Gasteiger partial charge in [-0.05, 0) is 24.3 Å². The predicted octanol–water partition coefficient (Wildman–Crippen LogP) is 2.78. The van der Waals surface area contributed by atoms with Crippen LogP contribution in [0, 0.1) is 0 Å². The van der Waals surface area contributed by atoms with E-state index in [1.165, 1.54) is 31.4 Å². The molecule has 0 saturated heterocycles. The van der Waals surface area contributed by atoms with E-state index in [4.69, 9.17) is 14.3 Å². The van der Waals surface area contributed by atoms with Crippen molar-refractivity contribution in [1.29, 1.82) is 0 Å². The van der Waals surface area contributed by atoms with Crippen LogP contribution in [-0.4, -0.2) is 28.1 Å². The van der Waals surface area contributed by atoms with Crippen molar-refractivity contribution < 1.29 is 23.3 Å². The normalized spacial score (nSPS) is 12.4. The first-order valence-corrected chi connectivity index (χ1v) is 8.48. The smallest absolute Gasteiger partial charge is 0.335 e. The van der Waals surface area contributed by atoms with E-state index in [0.29, 0.717) is 16.4 Å². The summed E-state index contributed by atoms with van der Waals surface area (Å²) in [5.74, 6) is -0.420. The number of methoxy groups -OCH3 is 1. The number of carbonyl (C=O) groups is 1. The third kappa shape index (κ3) is 2.56. The lowest BCUT2D eigenvalue weighted by Gasteiger charge is -2.09. The molecular weight excluding hydrogens is 332 g/mol. The van der Waals surface area contributed by atoms with Crippen LogP contribution in [0.25, 0.3) is 21.9 Å². The Morgan fingerprint density at radius 3 is 2.62 bits per heavy atom. The number of hydrogen-bond acceptors (Lipinski definition) is 5. The highest BCUT2D eigenvalue weighted by molar-refractivity contribution is 7.85. The first-order chi connectivity index (χ1) is 11.5. The maximum Gasteiger partial charge on any atom is 0.335 e. The first kappa shape index (κ1) is 16.2. The van der Waals surface area contributed by atoms with Gasteiger partial charge in [0.25, 0.3) is 0 Å². The maximum absolute atomic E-state index is 12.8. The van der Waals surface area contributed by atoms with E-state index in [0.717, 1.165) is 0 Å². The molecule has 6 nitrogen and oxygen atoms in total. The average molecular weight is 346 g/mol. The number of hydrogen-bond donors (Lipinski definition) is 1. The summed E-state index contributed by atoms with van der Waals surface area (Å²) in [5.41, 5.74) is 0.118. The Kier molecular flexibility index (Phi) is 4.11. The highest BCUT2D eigenvalue weighted by Crippen LogP contribution is 2.30. The molecule has 3 aromatic rings. The highest BCUT2D eigenvalue weighted by Gasteiger charge is 2.16. The molecule has 1 unspecified atom stereocenters. The monoisotopic (exact) mass is 346 g/mol. The van der Waals surface area contributed by atoms with Crippen LogP contribution < -0.4 is 10.2 Å². The SMILES string of the molecule is CCS(=O)c1cc(OC)c2oc3ccc(C(=O)O)cc3c(=O)c2c1. The summed E-state index contributed by atoms with van der Waals surface area (Å²) in [4.78, 5) is 24.4. The van der Waals surface area contributed by atoms with E-state index in [1.54, 1.807) is 13.0 Å². The Labute approximate surface area is 139 Å². The van der Waals surface area contributed by atoms with E-state index in [9.17, 15) is 13.8 Å². The second kappa shape index (κ2) is 6.09. The lowest BCUT2D eigenvalue weighted by atomic mass is 10.1. The number of aromatic carboxylic acids is 1. The lowest BCUT2D eigenvalue weighted by Crippen LogP contribution is -2.06. The fourth-order valence-corrected chi connectivity index (χ4v) is 3.31. The van der Waals surface area contributed by atoms with E-state index < -0.39 is 16.8 Å². The summed E-state index contributed by atoms with van der Waals surface area (Å²) in [7, 11) is 0.169. The van der Waals surface area contributed by atoms with Crippen LogP contribution in [0.5, 0.6) is 5.75 Å². The number of rotatable bonds is 4. The fraction of sp³-hybridized carbons (Fsp3) is 0.176. The minimum atomic E-state index is -1.27. The molecule has 0 amide bonds. The maximum atomic E-state index is 12.8. The van der Waals surface area contributed by atoms with Crippen molar-refractivity contribution in [1.82, 2.24) is 0 Å². The number of benzene rings is 2. The molecule has 2 aromatic carbocycles. The molecule has 0 fully saturated rings. The van der Waals surface area contributed by atoms with Gasteiger partial charge in [-0.3, -0.25) is 9.00 Å². The first-order valence-electron chi connectivity index (χ1n) is 7.16. The van der Waals surface area contributed by atoms with Gasteiger partial charge in [-0.15, -0.1) is 0 Å². The van der Waals surface area contributed by atoms with Crippen molar-refractivity contribution in [2.24, 2.45) is 0 Å². The van der Waals surface area contributed by atoms with Crippen molar-refractivity contribution >= 4 is 38.7 Å². The zero-order valence-corrected chi connectivity index (χ0v) is 13.8. The van der Waals surface area contributed by atoms with E-state index >= 15 is 0 Å². The predicted molar refractivity (Wildman–Crippen MR) is 90.5 cm³/mol. The van der Waals surface area contributed by atoms with Gasteiger partial charge in [-0.1, -0.05) is 6.92 Å². The third-order valence-corrected chi connectivity index (χ3v) is 4.99. The zero-order chi connectivity index (χ0) is 17.4. The van der Waals surface area contributed by atoms with Crippen LogP contribution in [0.1, 0.15) is 17.3 Å². The summed E-state index contributed by atoms with van der Waals surface area (Å²) < 4.78 is 23.1. The van der Waals surface area contributed by atoms with Gasteiger partial charge in [0.2, 0.25) is 5.43 Å². The van der Waals surface area contributed by atoms with Crippen molar-refractivity contribution in [3.05, 3.63) is 46.1 Å². The van der Waals surface area contributed by atoms with E-state index in [1.807, 2.05) is 0 Å². The van der Waals surface area contributed by atoms with Gasteiger partial charge < -0.3 is 14.3 Å². The fourth-order valence-electron chi connectivity index (χ4n) is 2.49. The minimum Gasteiger partial charge on any atom is -0.493 e. The van der Waals surface area contributed by atoms with Gasteiger partial charge in [0.15, 0.2) is 11.3 Å². The zero-order valence-electron chi connectivity index (χ0n) is 13.0. The van der Waals surface area contributed by atoms with Gasteiger partial charge >= 0.3 is 5.97 Å². The molecule has 0 aliphatic heterocycles. The summed E-state index contributed by atoms with van der Waals surface area (Å²) in [6.45, 7) is 1.77. The molecule has 0 spiro atoms. The third-order valence-electron chi connectivity index (χ3n) is 3.70. The summed E-state index contributed by atoms with van der Waals surface area (Å²) in [6.07, 6.45) is 0. The molecular formula is C17H14O6S. The van der Waals surface area contributed by atoms with E-state index in [2.05, 4.69) is 0 Å². The molecule has 0 bridgehead atoms. The number of fused-ring (bicyclic) bond motifs is 2. The van der Waals surface area contributed by atoms with Gasteiger partial charge in [0.05, 0.1) is 34.2 Å². The van der Waals surface area contributed by atoms with Crippen molar-refractivity contribution in [2.45, 2.75) is 11.8 Å². The molecule has 1 aromatic heterocycles. The quantitative estimate of drug-likeness (QED) is 0.730. The molecule has 0 aliphatic rings. The Balaban J connectivity index is 2.43. The van der Waals surface area contributed by atoms with E-state index in [-0.39, 0.29) is 32.9 Å². The number of carboxylic acid groups (broad SMARTS) is 1. The number of carboxylic acids is 1. The Hall–Kier alpha value is -2.67. The van der Waals surface area contributed by atoms with Crippen LogP contribution in [0.3, 0.4) is 0 Å². The van der Waals surface area contributed by atoms with Gasteiger partial charge in [-0.2, -0.15) is 0 Å². The molecule has 1 atom stereocenters. The molecule has 7 heteroatoms. The van der Waals surface area contributed by atoms with Crippen LogP contribution >= 0.6 is 0 Å². The molecule has 124 valence electrons. The van der Waals surface area contributed by atoms with Crippen LogP contribution in [-0.2, 0) is 10.8 Å². The molecule has 0 radical (unpaired) electrons. The van der Waals surface area contributed by atoms with Crippen LogP contribution in [0.15, 0.2) is 44.4 Å². The molecule has 1 heterocycles. The summed E-state index contributed by atoms with van der Waals surface area (Å²) in [5, 5.41) is 9.45. The highest BCUT2D eigenvalue weighted by atomic mass is 32.2. The van der Waals surface area contributed by atoms with Gasteiger partial charge in [0, 0.05) is 16.7 Å².